The molecule has 1 N–H and O–H groups in total. The minimum Gasteiger partial charge on any atom is -0.493 e. The Balaban J connectivity index is 1.95. The number of aliphatic hydroxyl groups is 1. The number of hydrogen-bond acceptors (Lipinski definition) is 2. The number of hydrogen-bond donors (Lipinski definition) is 1. The van der Waals surface area contributed by atoms with Crippen molar-refractivity contribution in [1.29, 1.82) is 0 Å². The summed E-state index contributed by atoms with van der Waals surface area (Å²) in [5.41, 5.74) is 1.81. The van der Waals surface area contributed by atoms with Crippen molar-refractivity contribution < 1.29 is 23.0 Å². The van der Waals surface area contributed by atoms with E-state index in [1.165, 1.54) is 0 Å². The number of ether oxygens (including phenoxy) is 1. The van der Waals surface area contributed by atoms with E-state index >= 15 is 0 Å². The van der Waals surface area contributed by atoms with E-state index in [2.05, 4.69) is 0 Å². The molecule has 0 aromatic heterocycles. The van der Waals surface area contributed by atoms with Gasteiger partial charge in [0.05, 0.1) is 19.1 Å². The molecule has 2 rings (SSSR count). The Morgan fingerprint density at radius 1 is 1.35 bits per heavy atom. The van der Waals surface area contributed by atoms with Gasteiger partial charge in [-0.05, 0) is 36.1 Å². The number of halogens is 3. The molecule has 1 unspecified atom stereocenters. The van der Waals surface area contributed by atoms with Gasteiger partial charge in [0.15, 0.2) is 0 Å². The maximum absolute atomic E-state index is 11.9. The molecule has 0 saturated heterocycles. The Bertz CT molecular complexity index is 401. The third-order valence-corrected chi connectivity index (χ3v) is 2.81. The fraction of sp³-hybridized carbons (Fsp3) is 0.500. The van der Waals surface area contributed by atoms with Crippen molar-refractivity contribution in [3.05, 3.63) is 29.3 Å². The Kier molecular flexibility index (Phi) is 3.28. The van der Waals surface area contributed by atoms with E-state index < -0.39 is 18.7 Å². The monoisotopic (exact) mass is 246 g/mol. The highest BCUT2D eigenvalue weighted by atomic mass is 19.4. The van der Waals surface area contributed by atoms with Crippen molar-refractivity contribution in [1.82, 2.24) is 0 Å². The van der Waals surface area contributed by atoms with E-state index in [9.17, 15) is 18.3 Å². The van der Waals surface area contributed by atoms with Gasteiger partial charge in [-0.25, -0.2) is 0 Å². The van der Waals surface area contributed by atoms with Crippen LogP contribution in [-0.2, 0) is 6.42 Å². The van der Waals surface area contributed by atoms with Gasteiger partial charge in [-0.1, -0.05) is 6.07 Å². The lowest BCUT2D eigenvalue weighted by molar-refractivity contribution is -0.139. The quantitative estimate of drug-likeness (QED) is 0.888. The molecule has 0 saturated carbocycles. The number of benzene rings is 1. The number of aryl methyl sites for hydroxylation is 1. The van der Waals surface area contributed by atoms with Crippen LogP contribution in [0.2, 0.25) is 0 Å². The second-order valence-corrected chi connectivity index (χ2v) is 4.13. The van der Waals surface area contributed by atoms with Gasteiger partial charge in [0.1, 0.15) is 5.75 Å². The number of aliphatic hydroxyl groups excluding tert-OH is 1. The summed E-state index contributed by atoms with van der Waals surface area (Å²) in [6.45, 7) is -0.370. The second-order valence-electron chi connectivity index (χ2n) is 4.13. The molecule has 2 nitrogen and oxygen atoms in total. The van der Waals surface area contributed by atoms with Crippen LogP contribution in [-0.4, -0.2) is 17.9 Å². The minimum absolute atomic E-state index is 0.370. The smallest absolute Gasteiger partial charge is 0.392 e. The van der Waals surface area contributed by atoms with Gasteiger partial charge in [0.25, 0.3) is 0 Å². The summed E-state index contributed by atoms with van der Waals surface area (Å²) in [5.74, 6) is 0.433. The summed E-state index contributed by atoms with van der Waals surface area (Å²) in [6.07, 6.45) is -4.18. The van der Waals surface area contributed by atoms with Crippen molar-refractivity contribution in [2.24, 2.45) is 0 Å². The van der Waals surface area contributed by atoms with Crippen molar-refractivity contribution in [2.75, 3.05) is 6.61 Å². The van der Waals surface area contributed by atoms with Crippen LogP contribution in [0.5, 0.6) is 5.75 Å². The van der Waals surface area contributed by atoms with E-state index in [0.717, 1.165) is 17.5 Å². The molecular formula is C12H13F3O2. The van der Waals surface area contributed by atoms with E-state index in [1.54, 1.807) is 18.2 Å². The zero-order chi connectivity index (χ0) is 12.5. The summed E-state index contributed by atoms with van der Waals surface area (Å²) < 4.78 is 40.8. The normalized spacial score (nSPS) is 19.2. The molecule has 0 spiro atoms. The highest BCUT2D eigenvalue weighted by molar-refractivity contribution is 5.39. The van der Waals surface area contributed by atoms with E-state index in [1.807, 2.05) is 0 Å². The lowest BCUT2D eigenvalue weighted by Gasteiger charge is -2.10. The first-order valence-electron chi connectivity index (χ1n) is 5.46. The summed E-state index contributed by atoms with van der Waals surface area (Å²) >= 11 is 0. The van der Waals surface area contributed by atoms with Crippen LogP contribution < -0.4 is 4.74 Å². The lowest BCUT2D eigenvalue weighted by atomic mass is 10.1. The topological polar surface area (TPSA) is 29.5 Å². The molecule has 1 aromatic rings. The van der Waals surface area contributed by atoms with Gasteiger partial charge >= 0.3 is 6.18 Å². The first-order valence-corrected chi connectivity index (χ1v) is 5.46. The first kappa shape index (κ1) is 12.2. The van der Waals surface area contributed by atoms with Crippen molar-refractivity contribution in [2.45, 2.75) is 31.5 Å². The van der Waals surface area contributed by atoms with Gasteiger partial charge in [-0.2, -0.15) is 13.2 Å². The Hall–Kier alpha value is -1.23. The van der Waals surface area contributed by atoms with Gasteiger partial charge < -0.3 is 9.84 Å². The molecule has 1 aliphatic carbocycles. The second kappa shape index (κ2) is 4.56. The van der Waals surface area contributed by atoms with E-state index in [4.69, 9.17) is 4.74 Å². The molecule has 0 amide bonds. The zero-order valence-corrected chi connectivity index (χ0v) is 9.13. The van der Waals surface area contributed by atoms with Crippen LogP contribution in [0.3, 0.4) is 0 Å². The standard InChI is InChI=1S/C12H13F3O2/c13-12(14,15)5-6-17-9-2-3-10-8(7-9)1-4-11(10)16/h2-3,7,11,16H,1,4-6H2. The van der Waals surface area contributed by atoms with Crippen LogP contribution in [0, 0.1) is 0 Å². The van der Waals surface area contributed by atoms with Gasteiger partial charge in [0, 0.05) is 0 Å². The third-order valence-electron chi connectivity index (χ3n) is 2.81. The summed E-state index contributed by atoms with van der Waals surface area (Å²) in [5, 5.41) is 9.57. The average Bonchev–Trinajstić information content (AvgIpc) is 2.58. The molecule has 1 aliphatic rings. The summed E-state index contributed by atoms with van der Waals surface area (Å²) in [7, 11) is 0. The first-order chi connectivity index (χ1) is 7.96. The predicted molar refractivity (Wildman–Crippen MR) is 55.9 cm³/mol. The molecule has 0 fully saturated rings. The average molecular weight is 246 g/mol. The molecule has 0 aliphatic heterocycles. The summed E-state index contributed by atoms with van der Waals surface area (Å²) in [4.78, 5) is 0. The molecule has 1 aromatic carbocycles. The third kappa shape index (κ3) is 3.12. The SMILES string of the molecule is OC1CCc2cc(OCCC(F)(F)F)ccc21. The Labute approximate surface area is 97.0 Å². The predicted octanol–water partition coefficient (Wildman–Crippen LogP) is 3.00. The zero-order valence-electron chi connectivity index (χ0n) is 9.13. The van der Waals surface area contributed by atoms with Crippen molar-refractivity contribution >= 4 is 0 Å². The maximum Gasteiger partial charge on any atom is 0.392 e. The van der Waals surface area contributed by atoms with Crippen LogP contribution in [0.15, 0.2) is 18.2 Å². The number of rotatable bonds is 3. The van der Waals surface area contributed by atoms with Crippen molar-refractivity contribution in [3.63, 3.8) is 0 Å². The van der Waals surface area contributed by atoms with Gasteiger partial charge in [0.2, 0.25) is 0 Å². The molecular weight excluding hydrogens is 233 g/mol. The molecule has 1 atom stereocenters. The number of fused-ring (bicyclic) bond motifs is 1. The molecule has 0 heterocycles. The van der Waals surface area contributed by atoms with Gasteiger partial charge in [-0.15, -0.1) is 0 Å². The highest BCUT2D eigenvalue weighted by Crippen LogP contribution is 2.33. The van der Waals surface area contributed by atoms with Crippen molar-refractivity contribution in [3.8, 4) is 5.75 Å². The number of alkyl halides is 3. The van der Waals surface area contributed by atoms with E-state index in [-0.39, 0.29) is 6.61 Å². The van der Waals surface area contributed by atoms with E-state index in [0.29, 0.717) is 12.2 Å². The van der Waals surface area contributed by atoms with Crippen LogP contribution in [0.1, 0.15) is 30.1 Å². The largest absolute Gasteiger partial charge is 0.493 e. The van der Waals surface area contributed by atoms with Crippen LogP contribution >= 0.6 is 0 Å². The highest BCUT2D eigenvalue weighted by Gasteiger charge is 2.27. The fourth-order valence-electron chi connectivity index (χ4n) is 1.95. The maximum atomic E-state index is 11.9. The molecule has 94 valence electrons. The molecule has 0 bridgehead atoms. The Morgan fingerprint density at radius 3 is 2.82 bits per heavy atom. The molecule has 0 radical (unpaired) electrons. The lowest BCUT2D eigenvalue weighted by Crippen LogP contribution is -2.13. The van der Waals surface area contributed by atoms with Crippen LogP contribution in [0.25, 0.3) is 0 Å². The van der Waals surface area contributed by atoms with Gasteiger partial charge in [-0.3, -0.25) is 0 Å². The Morgan fingerprint density at radius 2 is 2.12 bits per heavy atom. The molecule has 17 heavy (non-hydrogen) atoms. The van der Waals surface area contributed by atoms with Crippen LogP contribution in [0.4, 0.5) is 13.2 Å². The fourth-order valence-corrected chi connectivity index (χ4v) is 1.95. The minimum atomic E-state index is -4.19. The summed E-state index contributed by atoms with van der Waals surface area (Å²) in [6, 6.07) is 5.03. The molecule has 5 heteroatoms.